The minimum absolute atomic E-state index is 0.590. The van der Waals surface area contributed by atoms with Crippen molar-refractivity contribution in [1.82, 2.24) is 24.1 Å². The molecule has 0 saturated carbocycles. The molecule has 3 heterocycles. The van der Waals surface area contributed by atoms with Crippen LogP contribution in [-0.4, -0.2) is 24.1 Å². The van der Waals surface area contributed by atoms with Gasteiger partial charge < -0.3 is 9.13 Å². The van der Waals surface area contributed by atoms with Crippen LogP contribution in [-0.2, 0) is 0 Å². The van der Waals surface area contributed by atoms with Crippen LogP contribution in [0.25, 0.3) is 111 Å². The molecule has 0 unspecified atom stereocenters. The molecule has 0 amide bonds. The average Bonchev–Trinajstić information content (AvgIpc) is 3.87. The fraction of sp³-hybridized carbons (Fsp3) is 0. The van der Waals surface area contributed by atoms with Crippen molar-refractivity contribution in [2.24, 2.45) is 0 Å². The van der Waals surface area contributed by atoms with Gasteiger partial charge in [0, 0.05) is 43.8 Å². The van der Waals surface area contributed by atoms with Crippen molar-refractivity contribution >= 4 is 43.6 Å². The molecule has 9 aromatic carbocycles. The Morgan fingerprint density at radius 3 is 0.919 bits per heavy atom. The van der Waals surface area contributed by atoms with Crippen LogP contribution in [0.1, 0.15) is 0 Å². The molecule has 12 aromatic rings. The molecular formula is C57H37N5. The second-order valence-electron chi connectivity index (χ2n) is 15.6. The summed E-state index contributed by atoms with van der Waals surface area (Å²) in [6, 6.07) is 79.4. The highest BCUT2D eigenvalue weighted by atomic mass is 15.1. The van der Waals surface area contributed by atoms with Crippen LogP contribution in [0.5, 0.6) is 0 Å². The minimum atomic E-state index is 0.590. The van der Waals surface area contributed by atoms with E-state index >= 15 is 0 Å². The predicted molar refractivity (Wildman–Crippen MR) is 256 cm³/mol. The molecule has 3 aromatic heterocycles. The van der Waals surface area contributed by atoms with Gasteiger partial charge in [0.15, 0.2) is 17.5 Å². The second-order valence-corrected chi connectivity index (χ2v) is 15.6. The lowest BCUT2D eigenvalue weighted by molar-refractivity contribution is 1.07. The third kappa shape index (κ3) is 5.90. The van der Waals surface area contributed by atoms with Crippen molar-refractivity contribution in [3.63, 3.8) is 0 Å². The maximum absolute atomic E-state index is 5.30. The van der Waals surface area contributed by atoms with Crippen LogP contribution in [0, 0.1) is 0 Å². The van der Waals surface area contributed by atoms with E-state index in [-0.39, 0.29) is 0 Å². The molecule has 0 bridgehead atoms. The first-order valence-corrected chi connectivity index (χ1v) is 21.0. The second kappa shape index (κ2) is 14.7. The first-order chi connectivity index (χ1) is 30.8. The molecule has 0 aliphatic heterocycles. The van der Waals surface area contributed by atoms with E-state index in [1.807, 2.05) is 36.4 Å². The van der Waals surface area contributed by atoms with E-state index in [0.29, 0.717) is 17.5 Å². The smallest absolute Gasteiger partial charge is 0.164 e. The van der Waals surface area contributed by atoms with E-state index in [1.54, 1.807) is 0 Å². The summed E-state index contributed by atoms with van der Waals surface area (Å²) in [6.45, 7) is 0. The Bertz CT molecular complexity index is 3310. The van der Waals surface area contributed by atoms with Crippen molar-refractivity contribution in [2.45, 2.75) is 0 Å². The van der Waals surface area contributed by atoms with E-state index in [4.69, 9.17) is 15.0 Å². The molecule has 290 valence electrons. The van der Waals surface area contributed by atoms with Gasteiger partial charge >= 0.3 is 0 Å². The normalized spacial score (nSPS) is 11.5. The zero-order valence-corrected chi connectivity index (χ0v) is 33.6. The first kappa shape index (κ1) is 35.5. The van der Waals surface area contributed by atoms with E-state index in [2.05, 4.69) is 197 Å². The number of benzene rings is 9. The molecule has 0 spiro atoms. The minimum Gasteiger partial charge on any atom is -0.309 e. The van der Waals surface area contributed by atoms with Gasteiger partial charge in [-0.15, -0.1) is 0 Å². The number of aromatic nitrogens is 5. The van der Waals surface area contributed by atoms with Crippen LogP contribution in [0.2, 0.25) is 0 Å². The Labute approximate surface area is 358 Å². The molecule has 0 fully saturated rings. The molecule has 0 aliphatic carbocycles. The number of fused-ring (bicyclic) bond motifs is 6. The topological polar surface area (TPSA) is 48.5 Å². The molecule has 5 nitrogen and oxygen atoms in total. The van der Waals surface area contributed by atoms with Crippen LogP contribution in [0.4, 0.5) is 0 Å². The Morgan fingerprint density at radius 2 is 0.532 bits per heavy atom. The van der Waals surface area contributed by atoms with Crippen molar-refractivity contribution in [3.8, 4) is 67.8 Å². The summed E-state index contributed by atoms with van der Waals surface area (Å²) in [4.78, 5) is 15.7. The van der Waals surface area contributed by atoms with E-state index in [9.17, 15) is 0 Å². The van der Waals surface area contributed by atoms with E-state index in [0.717, 1.165) is 66.8 Å². The zero-order chi connectivity index (χ0) is 41.0. The molecular weight excluding hydrogens is 755 g/mol. The third-order valence-corrected chi connectivity index (χ3v) is 12.0. The van der Waals surface area contributed by atoms with Gasteiger partial charge in [0.2, 0.25) is 0 Å². The first-order valence-electron chi connectivity index (χ1n) is 21.0. The number of hydrogen-bond donors (Lipinski definition) is 0. The Hall–Kier alpha value is -8.41. The van der Waals surface area contributed by atoms with Crippen molar-refractivity contribution in [3.05, 3.63) is 224 Å². The summed E-state index contributed by atoms with van der Waals surface area (Å²) in [5.74, 6) is 1.83. The van der Waals surface area contributed by atoms with Gasteiger partial charge in [-0.1, -0.05) is 188 Å². The summed E-state index contributed by atoms with van der Waals surface area (Å²) in [5, 5.41) is 4.76. The van der Waals surface area contributed by atoms with E-state index in [1.165, 1.54) is 27.1 Å². The summed E-state index contributed by atoms with van der Waals surface area (Å²) in [5.41, 5.74) is 13.8. The van der Waals surface area contributed by atoms with Gasteiger partial charge in [0.05, 0.1) is 33.4 Å². The van der Waals surface area contributed by atoms with Gasteiger partial charge in [0.1, 0.15) is 0 Å². The SMILES string of the molecule is c1ccc(-c2ccc(-c3c(-n4c5ccccc5c5ccccc54)cc(-c4nc(-c5ccccc5)nc(-c5ccccc5)n4)cc3-n3c4ccccc4c4ccccc43)cc2)cc1. The molecule has 0 atom stereocenters. The highest BCUT2D eigenvalue weighted by Gasteiger charge is 2.25. The van der Waals surface area contributed by atoms with Crippen molar-refractivity contribution < 1.29 is 0 Å². The number of nitrogens with zero attached hydrogens (tertiary/aromatic N) is 5. The van der Waals surface area contributed by atoms with Crippen LogP contribution in [0.3, 0.4) is 0 Å². The maximum Gasteiger partial charge on any atom is 0.164 e. The summed E-state index contributed by atoms with van der Waals surface area (Å²) < 4.78 is 4.87. The maximum atomic E-state index is 5.30. The lowest BCUT2D eigenvalue weighted by Crippen LogP contribution is -2.06. The average molecular weight is 792 g/mol. The van der Waals surface area contributed by atoms with Crippen molar-refractivity contribution in [2.75, 3.05) is 0 Å². The van der Waals surface area contributed by atoms with Crippen molar-refractivity contribution in [1.29, 1.82) is 0 Å². The summed E-state index contributed by atoms with van der Waals surface area (Å²) in [7, 11) is 0. The zero-order valence-electron chi connectivity index (χ0n) is 33.6. The van der Waals surface area contributed by atoms with Gasteiger partial charge in [-0.3, -0.25) is 0 Å². The number of para-hydroxylation sites is 4. The highest BCUT2D eigenvalue weighted by molar-refractivity contribution is 6.12. The Balaban J connectivity index is 1.24. The summed E-state index contributed by atoms with van der Waals surface area (Å²) in [6.07, 6.45) is 0. The van der Waals surface area contributed by atoms with Gasteiger partial charge in [0.25, 0.3) is 0 Å². The molecule has 5 heteroatoms. The van der Waals surface area contributed by atoms with Crippen LogP contribution >= 0.6 is 0 Å². The molecule has 0 N–H and O–H groups in total. The fourth-order valence-corrected chi connectivity index (χ4v) is 9.15. The third-order valence-electron chi connectivity index (χ3n) is 12.0. The van der Waals surface area contributed by atoms with E-state index < -0.39 is 0 Å². The largest absolute Gasteiger partial charge is 0.309 e. The lowest BCUT2D eigenvalue weighted by Gasteiger charge is -2.22. The Morgan fingerprint density at radius 1 is 0.242 bits per heavy atom. The molecule has 62 heavy (non-hydrogen) atoms. The molecule has 0 aliphatic rings. The fourth-order valence-electron chi connectivity index (χ4n) is 9.15. The van der Waals surface area contributed by atoms with Gasteiger partial charge in [-0.2, -0.15) is 0 Å². The number of rotatable bonds is 7. The molecule has 12 rings (SSSR count). The number of hydrogen-bond acceptors (Lipinski definition) is 3. The molecule has 0 radical (unpaired) electrons. The van der Waals surface area contributed by atoms with Gasteiger partial charge in [-0.05, 0) is 53.1 Å². The standard InChI is InChI=1S/C57H37N5/c1-4-18-38(19-5-1)39-32-34-40(35-33-39)54-52(61-48-28-14-10-24-44(48)45-25-11-15-29-49(45)61)36-43(37-53(54)62-50-30-16-12-26-46(50)47-27-13-17-31-51(47)62)57-59-55(41-20-6-2-7-21-41)58-56(60-57)42-22-8-3-9-23-42/h1-37H. The Kier molecular flexibility index (Phi) is 8.42. The molecule has 0 saturated heterocycles. The quantitative estimate of drug-likeness (QED) is 0.162. The van der Waals surface area contributed by atoms with Crippen LogP contribution < -0.4 is 0 Å². The van der Waals surface area contributed by atoms with Crippen LogP contribution in [0.15, 0.2) is 224 Å². The summed E-state index contributed by atoms with van der Waals surface area (Å²) >= 11 is 0. The highest BCUT2D eigenvalue weighted by Crippen LogP contribution is 2.44. The monoisotopic (exact) mass is 791 g/mol. The predicted octanol–water partition coefficient (Wildman–Crippen LogP) is 14.4. The van der Waals surface area contributed by atoms with Gasteiger partial charge in [-0.25, -0.2) is 15.0 Å². The lowest BCUT2D eigenvalue weighted by atomic mass is 9.95.